The predicted molar refractivity (Wildman–Crippen MR) is 72.7 cm³/mol. The molecule has 0 fully saturated rings. The lowest BCUT2D eigenvalue weighted by atomic mass is 10.1. The molecule has 0 aliphatic heterocycles. The Labute approximate surface area is 111 Å². The molecule has 3 N–H and O–H groups in total. The molecule has 0 aromatic carbocycles. The van der Waals surface area contributed by atoms with Crippen LogP contribution in [0.4, 0.5) is 5.82 Å². The third-order valence-corrected chi connectivity index (χ3v) is 2.90. The van der Waals surface area contributed by atoms with E-state index in [1.807, 2.05) is 26.8 Å². The topological polar surface area (TPSA) is 81.2 Å². The fraction of sp³-hybridized carbons (Fsp3) is 0.286. The van der Waals surface area contributed by atoms with E-state index in [-0.39, 0.29) is 11.9 Å². The first kappa shape index (κ1) is 13.1. The van der Waals surface area contributed by atoms with Crippen LogP contribution in [0.2, 0.25) is 0 Å². The van der Waals surface area contributed by atoms with Crippen molar-refractivity contribution in [2.24, 2.45) is 0 Å². The molecular weight excluding hydrogens is 242 g/mol. The van der Waals surface area contributed by atoms with Crippen LogP contribution in [0.5, 0.6) is 0 Å². The van der Waals surface area contributed by atoms with Crippen molar-refractivity contribution < 1.29 is 9.21 Å². The summed E-state index contributed by atoms with van der Waals surface area (Å²) in [6, 6.07) is 6.76. The normalized spacial score (nSPS) is 12.2. The van der Waals surface area contributed by atoms with Crippen molar-refractivity contribution in [1.29, 1.82) is 0 Å². The summed E-state index contributed by atoms with van der Waals surface area (Å²) in [7, 11) is 0. The lowest BCUT2D eigenvalue weighted by Crippen LogP contribution is -2.27. The van der Waals surface area contributed by atoms with E-state index in [1.54, 1.807) is 18.2 Å². The number of hydrogen-bond donors (Lipinski definition) is 2. The Morgan fingerprint density at radius 2 is 2.16 bits per heavy atom. The number of rotatable bonds is 3. The maximum atomic E-state index is 12.0. The number of aryl methyl sites for hydroxylation is 2. The summed E-state index contributed by atoms with van der Waals surface area (Å²) < 4.78 is 5.46. The second-order valence-electron chi connectivity index (χ2n) is 4.51. The van der Waals surface area contributed by atoms with Gasteiger partial charge < -0.3 is 15.5 Å². The standard InChI is InChI=1S/C14H17N3O2/c1-8-7-11(10(3)19-8)9(2)16-14(18)12-5-4-6-13(15)17-12/h4-7,9H,1-3H3,(H2,15,17)(H,16,18). The molecule has 0 bridgehead atoms. The van der Waals surface area contributed by atoms with Gasteiger partial charge in [0.15, 0.2) is 0 Å². The predicted octanol–water partition coefficient (Wildman–Crippen LogP) is 2.36. The number of furan rings is 1. The summed E-state index contributed by atoms with van der Waals surface area (Å²) in [5.41, 5.74) is 6.84. The maximum Gasteiger partial charge on any atom is 0.270 e. The van der Waals surface area contributed by atoms with E-state index >= 15 is 0 Å². The molecule has 0 aliphatic rings. The molecule has 5 nitrogen and oxygen atoms in total. The van der Waals surface area contributed by atoms with Crippen LogP contribution in [0.1, 0.15) is 40.5 Å². The van der Waals surface area contributed by atoms with Crippen LogP contribution in [0.3, 0.4) is 0 Å². The van der Waals surface area contributed by atoms with Gasteiger partial charge in [0.1, 0.15) is 23.0 Å². The Balaban J connectivity index is 2.13. The van der Waals surface area contributed by atoms with E-state index in [0.717, 1.165) is 17.1 Å². The molecule has 0 radical (unpaired) electrons. The van der Waals surface area contributed by atoms with Gasteiger partial charge in [-0.25, -0.2) is 4.98 Å². The highest BCUT2D eigenvalue weighted by Gasteiger charge is 2.16. The first-order valence-electron chi connectivity index (χ1n) is 6.07. The second kappa shape index (κ2) is 5.14. The fourth-order valence-corrected chi connectivity index (χ4v) is 2.01. The number of pyridine rings is 1. The zero-order chi connectivity index (χ0) is 14.0. The first-order chi connectivity index (χ1) is 8.97. The van der Waals surface area contributed by atoms with E-state index < -0.39 is 0 Å². The highest BCUT2D eigenvalue weighted by atomic mass is 16.3. The average molecular weight is 259 g/mol. The van der Waals surface area contributed by atoms with E-state index in [9.17, 15) is 4.79 Å². The molecule has 1 amide bonds. The van der Waals surface area contributed by atoms with Gasteiger partial charge in [0, 0.05) is 5.56 Å². The number of nitrogen functional groups attached to an aromatic ring is 1. The summed E-state index contributed by atoms with van der Waals surface area (Å²) in [6.45, 7) is 5.66. The lowest BCUT2D eigenvalue weighted by Gasteiger charge is -2.12. The Morgan fingerprint density at radius 3 is 2.74 bits per heavy atom. The third-order valence-electron chi connectivity index (χ3n) is 2.90. The minimum absolute atomic E-state index is 0.145. The number of amides is 1. The number of anilines is 1. The number of carbonyl (C=O) groups excluding carboxylic acids is 1. The minimum atomic E-state index is -0.252. The van der Waals surface area contributed by atoms with Gasteiger partial charge in [-0.3, -0.25) is 4.79 Å². The first-order valence-corrected chi connectivity index (χ1v) is 6.07. The van der Waals surface area contributed by atoms with E-state index in [1.165, 1.54) is 0 Å². The SMILES string of the molecule is Cc1cc(C(C)NC(=O)c2cccc(N)n2)c(C)o1. The van der Waals surface area contributed by atoms with Gasteiger partial charge in [-0.15, -0.1) is 0 Å². The average Bonchev–Trinajstić information content (AvgIpc) is 2.68. The van der Waals surface area contributed by atoms with Crippen LogP contribution in [0.25, 0.3) is 0 Å². The van der Waals surface area contributed by atoms with Crippen LogP contribution < -0.4 is 11.1 Å². The molecule has 0 saturated carbocycles. The van der Waals surface area contributed by atoms with Crippen molar-refractivity contribution in [2.45, 2.75) is 26.8 Å². The third kappa shape index (κ3) is 2.93. The van der Waals surface area contributed by atoms with Gasteiger partial charge >= 0.3 is 0 Å². The molecule has 2 aromatic heterocycles. The molecule has 0 aliphatic carbocycles. The molecule has 2 aromatic rings. The van der Waals surface area contributed by atoms with Crippen molar-refractivity contribution in [1.82, 2.24) is 10.3 Å². The Morgan fingerprint density at radius 1 is 1.42 bits per heavy atom. The molecule has 100 valence electrons. The van der Waals surface area contributed by atoms with Gasteiger partial charge in [0.05, 0.1) is 6.04 Å². The molecule has 5 heteroatoms. The number of nitrogens with two attached hydrogens (primary N) is 1. The summed E-state index contributed by atoms with van der Waals surface area (Å²) in [5.74, 6) is 1.72. The minimum Gasteiger partial charge on any atom is -0.466 e. The molecule has 0 saturated heterocycles. The molecule has 2 rings (SSSR count). The van der Waals surface area contributed by atoms with Crippen molar-refractivity contribution in [3.8, 4) is 0 Å². The van der Waals surface area contributed by atoms with E-state index in [2.05, 4.69) is 10.3 Å². The molecule has 0 spiro atoms. The van der Waals surface area contributed by atoms with Crippen LogP contribution in [-0.4, -0.2) is 10.9 Å². The molecule has 19 heavy (non-hydrogen) atoms. The van der Waals surface area contributed by atoms with Gasteiger partial charge in [-0.1, -0.05) is 6.07 Å². The molecule has 1 atom stereocenters. The van der Waals surface area contributed by atoms with Crippen molar-refractivity contribution >= 4 is 11.7 Å². The second-order valence-corrected chi connectivity index (χ2v) is 4.51. The Bertz CT molecular complexity index is 604. The maximum absolute atomic E-state index is 12.0. The zero-order valence-electron chi connectivity index (χ0n) is 11.2. The van der Waals surface area contributed by atoms with Crippen LogP contribution in [-0.2, 0) is 0 Å². The number of nitrogens with zero attached hydrogens (tertiary/aromatic N) is 1. The quantitative estimate of drug-likeness (QED) is 0.886. The zero-order valence-corrected chi connectivity index (χ0v) is 11.2. The summed E-state index contributed by atoms with van der Waals surface area (Å²) in [5, 5.41) is 2.88. The number of hydrogen-bond acceptors (Lipinski definition) is 4. The number of carbonyl (C=O) groups is 1. The van der Waals surface area contributed by atoms with Gasteiger partial charge in [-0.05, 0) is 39.0 Å². The Hall–Kier alpha value is -2.30. The van der Waals surface area contributed by atoms with E-state index in [0.29, 0.717) is 11.5 Å². The van der Waals surface area contributed by atoms with Gasteiger partial charge in [-0.2, -0.15) is 0 Å². The van der Waals surface area contributed by atoms with E-state index in [4.69, 9.17) is 10.2 Å². The number of nitrogens with one attached hydrogen (secondary N) is 1. The fourth-order valence-electron chi connectivity index (χ4n) is 2.01. The smallest absolute Gasteiger partial charge is 0.270 e. The summed E-state index contributed by atoms with van der Waals surface area (Å²) in [6.07, 6.45) is 0. The summed E-state index contributed by atoms with van der Waals surface area (Å²) >= 11 is 0. The highest BCUT2D eigenvalue weighted by molar-refractivity contribution is 5.92. The molecule has 1 unspecified atom stereocenters. The number of aromatic nitrogens is 1. The molecule has 2 heterocycles. The van der Waals surface area contributed by atoms with Crippen LogP contribution in [0.15, 0.2) is 28.7 Å². The highest BCUT2D eigenvalue weighted by Crippen LogP contribution is 2.21. The molecular formula is C14H17N3O2. The van der Waals surface area contributed by atoms with Crippen LogP contribution >= 0.6 is 0 Å². The largest absolute Gasteiger partial charge is 0.466 e. The van der Waals surface area contributed by atoms with Crippen molar-refractivity contribution in [3.63, 3.8) is 0 Å². The van der Waals surface area contributed by atoms with Gasteiger partial charge in [0.2, 0.25) is 0 Å². The van der Waals surface area contributed by atoms with Gasteiger partial charge in [0.25, 0.3) is 5.91 Å². The monoisotopic (exact) mass is 259 g/mol. The Kier molecular flexibility index (Phi) is 3.55. The van der Waals surface area contributed by atoms with Crippen LogP contribution in [0, 0.1) is 13.8 Å². The summed E-state index contributed by atoms with van der Waals surface area (Å²) in [4.78, 5) is 16.0. The van der Waals surface area contributed by atoms with Crippen molar-refractivity contribution in [3.05, 3.63) is 47.0 Å². The van der Waals surface area contributed by atoms with Crippen molar-refractivity contribution in [2.75, 3.05) is 5.73 Å². The lowest BCUT2D eigenvalue weighted by molar-refractivity contribution is 0.0935.